The van der Waals surface area contributed by atoms with Crippen LogP contribution in [0.3, 0.4) is 0 Å². The number of esters is 1. The number of rotatable bonds is 11. The Labute approximate surface area is 222 Å². The number of nitrogens with two attached hydrogens (primary N) is 1. The van der Waals surface area contributed by atoms with Gasteiger partial charge in [0.2, 0.25) is 11.8 Å². The number of benzene rings is 1. The van der Waals surface area contributed by atoms with Crippen LogP contribution in [-0.4, -0.2) is 92.8 Å². The Balaban J connectivity index is 0.000000856. The highest BCUT2D eigenvalue weighted by molar-refractivity contribution is 7.80. The maximum absolute atomic E-state index is 13.1. The second-order valence-corrected chi connectivity index (χ2v) is 8.91. The number of hydrogen-bond donors (Lipinski definition) is 4. The molecule has 1 aliphatic heterocycles. The van der Waals surface area contributed by atoms with E-state index in [9.17, 15) is 29.1 Å². The van der Waals surface area contributed by atoms with Gasteiger partial charge in [-0.05, 0) is 45.1 Å². The van der Waals surface area contributed by atoms with Crippen molar-refractivity contribution in [2.45, 2.75) is 70.6 Å². The first-order chi connectivity index (χ1) is 17.5. The summed E-state index contributed by atoms with van der Waals surface area (Å²) in [6, 6.07) is 5.89. The molecule has 0 spiro atoms. The van der Waals surface area contributed by atoms with Crippen molar-refractivity contribution in [3.05, 3.63) is 35.9 Å². The highest BCUT2D eigenvalue weighted by atomic mass is 32.1. The number of likely N-dealkylation sites (tertiary alicyclic amines) is 1. The third-order valence-corrected chi connectivity index (χ3v) is 6.31. The van der Waals surface area contributed by atoms with Crippen molar-refractivity contribution in [1.82, 2.24) is 9.80 Å². The summed E-state index contributed by atoms with van der Waals surface area (Å²) in [4.78, 5) is 62.1. The average molecular weight is 540 g/mol. The van der Waals surface area contributed by atoms with E-state index in [1.54, 1.807) is 6.92 Å². The third kappa shape index (κ3) is 9.69. The molecule has 0 aromatic heterocycles. The number of carboxylic acid groups (broad SMARTS) is 2. The van der Waals surface area contributed by atoms with Gasteiger partial charge in [-0.3, -0.25) is 14.4 Å². The molecule has 1 fully saturated rings. The van der Waals surface area contributed by atoms with Crippen LogP contribution in [0.5, 0.6) is 0 Å². The van der Waals surface area contributed by atoms with Gasteiger partial charge >= 0.3 is 17.9 Å². The molecule has 4 N–H and O–H groups in total. The number of nitrogens with zero attached hydrogens (tertiary/aromatic N) is 2. The van der Waals surface area contributed by atoms with Crippen LogP contribution in [-0.2, 0) is 35.1 Å². The Morgan fingerprint density at radius 3 is 2.27 bits per heavy atom. The fraction of sp³-hybridized carbons (Fsp3) is 0.560. The standard InChI is InChI=1S/C22H30N2O6.C3H7NO2S/c1-4-30-22(29)19(13-12-17-9-6-5-7-10-17)24(16(3)25)15(2)20(26)23-14-8-11-18(23)21(27)28;4-2(1-7)3(5)6/h5-7,9-10,15,18-19H,4,8,11-14H2,1-3H3,(H,27,28);2,7H,1,4H2,(H,5,6)/t15-,18-,19-;2-/m00/s1. The van der Waals surface area contributed by atoms with Gasteiger partial charge in [0.05, 0.1) is 6.61 Å². The van der Waals surface area contributed by atoms with E-state index < -0.39 is 53.9 Å². The second kappa shape index (κ2) is 15.9. The number of carbonyl (C=O) groups excluding carboxylic acids is 3. The molecule has 206 valence electrons. The minimum absolute atomic E-state index is 0.155. The molecule has 0 bridgehead atoms. The Bertz CT molecular complexity index is 930. The number of carboxylic acids is 2. The van der Waals surface area contributed by atoms with Crippen molar-refractivity contribution < 1.29 is 38.9 Å². The van der Waals surface area contributed by atoms with Crippen LogP contribution in [0.1, 0.15) is 45.6 Å². The van der Waals surface area contributed by atoms with Crippen LogP contribution in [0.25, 0.3) is 0 Å². The van der Waals surface area contributed by atoms with Crippen LogP contribution >= 0.6 is 12.6 Å². The lowest BCUT2D eigenvalue weighted by Crippen LogP contribution is -2.57. The van der Waals surface area contributed by atoms with E-state index in [4.69, 9.17) is 15.6 Å². The fourth-order valence-corrected chi connectivity index (χ4v) is 4.20. The van der Waals surface area contributed by atoms with E-state index in [1.807, 2.05) is 30.3 Å². The zero-order valence-electron chi connectivity index (χ0n) is 21.4. The molecule has 1 aromatic rings. The molecule has 0 unspecified atom stereocenters. The van der Waals surface area contributed by atoms with Gasteiger partial charge < -0.3 is 30.5 Å². The molecule has 11 nitrogen and oxygen atoms in total. The molecule has 1 saturated heterocycles. The summed E-state index contributed by atoms with van der Waals surface area (Å²) in [5, 5.41) is 17.4. The topological polar surface area (TPSA) is 168 Å². The van der Waals surface area contributed by atoms with Crippen LogP contribution in [0.4, 0.5) is 0 Å². The monoisotopic (exact) mass is 539 g/mol. The highest BCUT2D eigenvalue weighted by Crippen LogP contribution is 2.22. The van der Waals surface area contributed by atoms with E-state index >= 15 is 0 Å². The third-order valence-electron chi connectivity index (χ3n) is 5.92. The number of thiol groups is 1. The van der Waals surface area contributed by atoms with E-state index in [0.717, 1.165) is 5.56 Å². The number of amides is 2. The minimum atomic E-state index is -1.06. The molecule has 1 heterocycles. The van der Waals surface area contributed by atoms with Crippen LogP contribution in [0, 0.1) is 0 Å². The van der Waals surface area contributed by atoms with Gasteiger partial charge in [-0.15, -0.1) is 0 Å². The second-order valence-electron chi connectivity index (χ2n) is 8.55. The molecule has 37 heavy (non-hydrogen) atoms. The Kier molecular flexibility index (Phi) is 13.7. The van der Waals surface area contributed by atoms with Gasteiger partial charge in [0.15, 0.2) is 0 Å². The van der Waals surface area contributed by atoms with Gasteiger partial charge in [-0.2, -0.15) is 12.6 Å². The van der Waals surface area contributed by atoms with Crippen molar-refractivity contribution in [1.29, 1.82) is 0 Å². The quantitative estimate of drug-likeness (QED) is 0.238. The van der Waals surface area contributed by atoms with E-state index in [-0.39, 0.29) is 12.4 Å². The normalized spacial score (nSPS) is 17.0. The summed E-state index contributed by atoms with van der Waals surface area (Å²) in [6.45, 7) is 5.00. The predicted octanol–water partition coefficient (Wildman–Crippen LogP) is 1.19. The zero-order valence-corrected chi connectivity index (χ0v) is 22.3. The predicted molar refractivity (Wildman–Crippen MR) is 139 cm³/mol. The number of aliphatic carboxylic acids is 2. The Morgan fingerprint density at radius 2 is 1.81 bits per heavy atom. The molecule has 1 aromatic carbocycles. The summed E-state index contributed by atoms with van der Waals surface area (Å²) in [5.74, 6) is -3.35. The smallest absolute Gasteiger partial charge is 0.328 e. The molecule has 4 atom stereocenters. The zero-order chi connectivity index (χ0) is 28.1. The molecule has 2 amide bonds. The Hall–Kier alpha value is -3.12. The van der Waals surface area contributed by atoms with Crippen LogP contribution in [0.2, 0.25) is 0 Å². The van der Waals surface area contributed by atoms with E-state index in [0.29, 0.717) is 32.2 Å². The van der Waals surface area contributed by atoms with Gasteiger partial charge in [0, 0.05) is 19.2 Å². The van der Waals surface area contributed by atoms with Crippen molar-refractivity contribution in [2.24, 2.45) is 5.73 Å². The first-order valence-corrected chi connectivity index (χ1v) is 12.7. The maximum atomic E-state index is 13.1. The number of aryl methyl sites for hydroxylation is 1. The molecule has 12 heteroatoms. The largest absolute Gasteiger partial charge is 0.480 e. The fourth-order valence-electron chi connectivity index (χ4n) is 4.04. The number of hydrogen-bond acceptors (Lipinski definition) is 8. The lowest BCUT2D eigenvalue weighted by molar-refractivity contribution is -0.161. The van der Waals surface area contributed by atoms with Gasteiger partial charge in [-0.25, -0.2) is 9.59 Å². The number of ether oxygens (including phenoxy) is 1. The van der Waals surface area contributed by atoms with Gasteiger partial charge in [-0.1, -0.05) is 30.3 Å². The lowest BCUT2D eigenvalue weighted by Gasteiger charge is -2.36. The maximum Gasteiger partial charge on any atom is 0.328 e. The first-order valence-electron chi connectivity index (χ1n) is 12.1. The van der Waals surface area contributed by atoms with Crippen LogP contribution < -0.4 is 5.73 Å². The summed E-state index contributed by atoms with van der Waals surface area (Å²) >= 11 is 3.65. The first kappa shape index (κ1) is 31.9. The molecule has 0 saturated carbocycles. The van der Waals surface area contributed by atoms with E-state index in [2.05, 4.69) is 12.6 Å². The number of carbonyl (C=O) groups is 5. The SMILES string of the molecule is CCOC(=O)[C@H](CCc1ccccc1)N(C(C)=O)[C@@H](C)C(=O)N1CCC[C@H]1C(=O)O.N[C@@H](CS)C(=O)O. The molecular formula is C25H37N3O8S. The van der Waals surface area contributed by atoms with Crippen molar-refractivity contribution in [2.75, 3.05) is 18.9 Å². The summed E-state index contributed by atoms with van der Waals surface area (Å²) in [7, 11) is 0. The van der Waals surface area contributed by atoms with Crippen molar-refractivity contribution in [3.8, 4) is 0 Å². The molecule has 0 radical (unpaired) electrons. The lowest BCUT2D eigenvalue weighted by atomic mass is 10.0. The van der Waals surface area contributed by atoms with Crippen LogP contribution in [0.15, 0.2) is 30.3 Å². The Morgan fingerprint density at radius 1 is 1.19 bits per heavy atom. The highest BCUT2D eigenvalue weighted by Gasteiger charge is 2.41. The molecule has 2 rings (SSSR count). The minimum Gasteiger partial charge on any atom is -0.480 e. The molecule has 1 aliphatic rings. The van der Waals surface area contributed by atoms with Crippen molar-refractivity contribution >= 4 is 42.4 Å². The summed E-state index contributed by atoms with van der Waals surface area (Å²) in [5.41, 5.74) is 5.94. The summed E-state index contributed by atoms with van der Waals surface area (Å²) in [6.07, 6.45) is 1.78. The molecule has 0 aliphatic carbocycles. The van der Waals surface area contributed by atoms with Gasteiger partial charge in [0.1, 0.15) is 24.2 Å². The van der Waals surface area contributed by atoms with Gasteiger partial charge in [0.25, 0.3) is 0 Å². The molecular weight excluding hydrogens is 502 g/mol. The summed E-state index contributed by atoms with van der Waals surface area (Å²) < 4.78 is 5.19. The van der Waals surface area contributed by atoms with E-state index in [1.165, 1.54) is 23.6 Å². The average Bonchev–Trinajstić information content (AvgIpc) is 3.36. The van der Waals surface area contributed by atoms with Crippen molar-refractivity contribution in [3.63, 3.8) is 0 Å².